The number of benzene rings is 2. The number of hydrogen-bond acceptors (Lipinski definition) is 1. The lowest BCUT2D eigenvalue weighted by atomic mass is 9.99. The largest absolute Gasteiger partial charge is 1.00 e. The summed E-state index contributed by atoms with van der Waals surface area (Å²) in [5.74, 6) is 0. The summed E-state index contributed by atoms with van der Waals surface area (Å²) < 4.78 is 2.28. The second-order valence-electron chi connectivity index (χ2n) is 6.67. The number of aromatic nitrogens is 1. The van der Waals surface area contributed by atoms with Crippen LogP contribution in [0.2, 0.25) is 0 Å². The van der Waals surface area contributed by atoms with Crippen LogP contribution in [0.5, 0.6) is 0 Å². The maximum Gasteiger partial charge on any atom is 0.213 e. The number of anilines is 1. The molecule has 1 aromatic heterocycles. The van der Waals surface area contributed by atoms with E-state index < -0.39 is 0 Å². The van der Waals surface area contributed by atoms with Crippen LogP contribution in [0.1, 0.15) is 25.0 Å². The molecule has 2 aromatic carbocycles. The maximum atomic E-state index is 2.28. The first-order chi connectivity index (χ1) is 13.3. The second kappa shape index (κ2) is 9.20. The van der Waals surface area contributed by atoms with Crippen molar-refractivity contribution >= 4 is 28.2 Å². The van der Waals surface area contributed by atoms with E-state index in [2.05, 4.69) is 115 Å². The highest BCUT2D eigenvalue weighted by Crippen LogP contribution is 2.32. The van der Waals surface area contributed by atoms with E-state index in [1.54, 1.807) is 0 Å². The molecular formula is C25H25IN2. The molecule has 0 amide bonds. The Kier molecular flexibility index (Phi) is 6.68. The number of nitrogens with zero attached hydrogens (tertiary/aromatic N) is 2. The second-order valence-corrected chi connectivity index (χ2v) is 6.67. The van der Waals surface area contributed by atoms with E-state index in [0.717, 1.165) is 13.1 Å². The highest BCUT2D eigenvalue weighted by molar-refractivity contribution is 5.89. The van der Waals surface area contributed by atoms with Crippen molar-refractivity contribution in [3.8, 4) is 0 Å². The number of pyridine rings is 1. The molecule has 0 saturated heterocycles. The van der Waals surface area contributed by atoms with Crippen molar-refractivity contribution in [1.29, 1.82) is 0 Å². The van der Waals surface area contributed by atoms with Crippen LogP contribution in [-0.4, -0.2) is 6.54 Å². The summed E-state index contributed by atoms with van der Waals surface area (Å²) in [6.45, 7) is 6.31. The molecule has 2 nitrogen and oxygen atoms in total. The van der Waals surface area contributed by atoms with E-state index in [9.17, 15) is 0 Å². The molecule has 142 valence electrons. The summed E-state index contributed by atoms with van der Waals surface area (Å²) in [4.78, 5) is 2.28. The average Bonchev–Trinajstić information content (AvgIpc) is 2.74. The molecule has 0 fully saturated rings. The Labute approximate surface area is 184 Å². The molecule has 1 aliphatic heterocycles. The molecule has 0 aliphatic carbocycles. The van der Waals surface area contributed by atoms with Crippen molar-refractivity contribution in [1.82, 2.24) is 0 Å². The van der Waals surface area contributed by atoms with Crippen LogP contribution in [0.15, 0.2) is 85.2 Å². The van der Waals surface area contributed by atoms with Gasteiger partial charge in [-0.2, -0.15) is 4.57 Å². The third kappa shape index (κ3) is 3.90. The van der Waals surface area contributed by atoms with Gasteiger partial charge >= 0.3 is 0 Å². The zero-order chi connectivity index (χ0) is 18.6. The first-order valence-corrected chi connectivity index (χ1v) is 9.65. The average molecular weight is 480 g/mol. The van der Waals surface area contributed by atoms with E-state index in [1.165, 1.54) is 33.3 Å². The zero-order valence-corrected chi connectivity index (χ0v) is 18.5. The third-order valence-corrected chi connectivity index (χ3v) is 5.15. The molecule has 3 aromatic rings. The van der Waals surface area contributed by atoms with E-state index in [0.29, 0.717) is 0 Å². The predicted octanol–water partition coefficient (Wildman–Crippen LogP) is 2.60. The van der Waals surface area contributed by atoms with E-state index in [4.69, 9.17) is 0 Å². The molecular weight excluding hydrogens is 455 g/mol. The SMILES string of the molecule is CCN1C=CC(=CC=Cc2cc[n+](CC)c3ccccc23)c2ccccc21.[I-]. The lowest BCUT2D eigenvalue weighted by molar-refractivity contribution is -0.667. The van der Waals surface area contributed by atoms with Crippen molar-refractivity contribution in [2.24, 2.45) is 0 Å². The first kappa shape index (κ1) is 20.3. The highest BCUT2D eigenvalue weighted by Gasteiger charge is 2.13. The van der Waals surface area contributed by atoms with Crippen LogP contribution in [0.3, 0.4) is 0 Å². The van der Waals surface area contributed by atoms with Gasteiger partial charge in [0.05, 0.1) is 5.39 Å². The molecule has 4 rings (SSSR count). The summed E-state index contributed by atoms with van der Waals surface area (Å²) in [6, 6.07) is 19.4. The first-order valence-electron chi connectivity index (χ1n) is 9.65. The Balaban J connectivity index is 0.00000225. The van der Waals surface area contributed by atoms with Crippen LogP contribution >= 0.6 is 0 Å². The van der Waals surface area contributed by atoms with Gasteiger partial charge in [-0.3, -0.25) is 0 Å². The number of para-hydroxylation sites is 2. The van der Waals surface area contributed by atoms with Gasteiger partial charge < -0.3 is 28.9 Å². The van der Waals surface area contributed by atoms with Crippen LogP contribution in [0, 0.1) is 0 Å². The van der Waals surface area contributed by atoms with Crippen LogP contribution in [0.25, 0.3) is 22.6 Å². The van der Waals surface area contributed by atoms with E-state index in [1.807, 2.05) is 0 Å². The Morgan fingerprint density at radius 2 is 1.75 bits per heavy atom. The summed E-state index contributed by atoms with van der Waals surface area (Å²) in [5, 5.41) is 1.29. The fourth-order valence-corrected chi connectivity index (χ4v) is 3.71. The minimum absolute atomic E-state index is 0. The monoisotopic (exact) mass is 480 g/mol. The van der Waals surface area contributed by atoms with Crippen LogP contribution in [-0.2, 0) is 6.54 Å². The summed E-state index contributed by atoms with van der Waals surface area (Å²) in [5.41, 5.74) is 6.33. The lowest BCUT2D eigenvalue weighted by Crippen LogP contribution is -3.00. The minimum Gasteiger partial charge on any atom is -1.00 e. The van der Waals surface area contributed by atoms with E-state index in [-0.39, 0.29) is 24.0 Å². The number of halogens is 1. The van der Waals surface area contributed by atoms with Crippen molar-refractivity contribution in [2.75, 3.05) is 11.4 Å². The number of rotatable bonds is 4. The fourth-order valence-electron chi connectivity index (χ4n) is 3.71. The van der Waals surface area contributed by atoms with Crippen LogP contribution < -0.4 is 33.4 Å². The standard InChI is InChI=1S/C25H25N2.HI/c1-3-26-18-16-20(22-12-5-7-14-24(22)26)10-9-11-21-17-19-27(4-2)25-15-8-6-13-23(21)25;/h5-19H,3-4H2,1-2H3;1H/q+1;/p-1. The molecule has 28 heavy (non-hydrogen) atoms. The van der Waals surface area contributed by atoms with Gasteiger partial charge in [0.25, 0.3) is 0 Å². The maximum absolute atomic E-state index is 2.28. The summed E-state index contributed by atoms with van der Waals surface area (Å²) in [7, 11) is 0. The quantitative estimate of drug-likeness (QED) is 0.412. The van der Waals surface area contributed by atoms with Gasteiger partial charge in [0, 0.05) is 36.1 Å². The Bertz CT molecular complexity index is 1060. The van der Waals surface area contributed by atoms with Gasteiger partial charge in [-0.25, -0.2) is 0 Å². The van der Waals surface area contributed by atoms with Gasteiger partial charge in [0.2, 0.25) is 5.52 Å². The summed E-state index contributed by atoms with van der Waals surface area (Å²) >= 11 is 0. The molecule has 0 bridgehead atoms. The van der Waals surface area contributed by atoms with Crippen molar-refractivity contribution in [3.05, 3.63) is 96.3 Å². The number of hydrogen-bond donors (Lipinski definition) is 0. The molecule has 3 heteroatoms. The normalized spacial score (nSPS) is 14.5. The lowest BCUT2D eigenvalue weighted by Gasteiger charge is -2.26. The third-order valence-electron chi connectivity index (χ3n) is 5.15. The van der Waals surface area contributed by atoms with Crippen molar-refractivity contribution < 1.29 is 28.5 Å². The molecule has 0 unspecified atom stereocenters. The smallest absolute Gasteiger partial charge is 0.213 e. The topological polar surface area (TPSA) is 7.12 Å². The molecule has 1 aliphatic rings. The van der Waals surface area contributed by atoms with Gasteiger partial charge in [-0.05, 0) is 43.2 Å². The predicted molar refractivity (Wildman–Crippen MR) is 115 cm³/mol. The minimum atomic E-state index is 0. The zero-order valence-electron chi connectivity index (χ0n) is 16.3. The molecule has 0 atom stereocenters. The molecule has 0 N–H and O–H groups in total. The Morgan fingerprint density at radius 3 is 2.57 bits per heavy atom. The van der Waals surface area contributed by atoms with Gasteiger partial charge in [0.15, 0.2) is 6.20 Å². The van der Waals surface area contributed by atoms with Gasteiger partial charge in [-0.15, -0.1) is 0 Å². The van der Waals surface area contributed by atoms with Crippen molar-refractivity contribution in [3.63, 3.8) is 0 Å². The molecule has 2 heterocycles. The molecule has 0 saturated carbocycles. The van der Waals surface area contributed by atoms with Crippen LogP contribution in [0.4, 0.5) is 5.69 Å². The van der Waals surface area contributed by atoms with Gasteiger partial charge in [-0.1, -0.05) is 48.6 Å². The number of aryl methyl sites for hydroxylation is 1. The van der Waals surface area contributed by atoms with Crippen molar-refractivity contribution in [2.45, 2.75) is 20.4 Å². The molecule has 0 radical (unpaired) electrons. The highest BCUT2D eigenvalue weighted by atomic mass is 127. The Morgan fingerprint density at radius 1 is 0.964 bits per heavy atom. The Hall–Kier alpha value is -2.40. The number of fused-ring (bicyclic) bond motifs is 2. The molecule has 0 spiro atoms. The van der Waals surface area contributed by atoms with E-state index >= 15 is 0 Å². The number of allylic oxidation sites excluding steroid dienone is 4. The summed E-state index contributed by atoms with van der Waals surface area (Å²) in [6.07, 6.45) is 13.1. The fraction of sp³-hybridized carbons (Fsp3) is 0.160. The van der Waals surface area contributed by atoms with Gasteiger partial charge in [0.1, 0.15) is 6.54 Å².